The van der Waals surface area contributed by atoms with Gasteiger partial charge in [0.2, 0.25) is 5.91 Å². The summed E-state index contributed by atoms with van der Waals surface area (Å²) >= 11 is 7.70. The van der Waals surface area contributed by atoms with E-state index in [1.165, 1.54) is 30.2 Å². The molecule has 3 aromatic rings. The molecule has 0 saturated carbocycles. The van der Waals surface area contributed by atoms with E-state index >= 15 is 0 Å². The highest BCUT2D eigenvalue weighted by Crippen LogP contribution is 2.24. The van der Waals surface area contributed by atoms with E-state index in [0.717, 1.165) is 30.0 Å². The number of rotatable bonds is 8. The maximum Gasteiger partial charge on any atom is 0.250 e. The lowest BCUT2D eigenvalue weighted by atomic mass is 10.0. The summed E-state index contributed by atoms with van der Waals surface area (Å²) in [5, 5.41) is 4.19. The van der Waals surface area contributed by atoms with Crippen molar-refractivity contribution in [1.29, 1.82) is 0 Å². The third kappa shape index (κ3) is 6.90. The SMILES string of the molecule is CC1CCCCN1Cc1cnc(NC(=O)/C=C/c2ccc(OCc3ccccc3Cl)cc2)s1. The normalized spacial score (nSPS) is 16.7. The van der Waals surface area contributed by atoms with Crippen LogP contribution in [0.25, 0.3) is 6.08 Å². The molecule has 1 amide bonds. The van der Waals surface area contributed by atoms with Gasteiger partial charge in [0.25, 0.3) is 0 Å². The van der Waals surface area contributed by atoms with E-state index in [1.807, 2.05) is 54.7 Å². The summed E-state index contributed by atoms with van der Waals surface area (Å²) < 4.78 is 5.80. The van der Waals surface area contributed by atoms with Gasteiger partial charge in [-0.25, -0.2) is 4.98 Å². The number of benzene rings is 2. The predicted molar refractivity (Wildman–Crippen MR) is 136 cm³/mol. The maximum atomic E-state index is 12.3. The molecule has 0 radical (unpaired) electrons. The third-order valence-electron chi connectivity index (χ3n) is 5.74. The summed E-state index contributed by atoms with van der Waals surface area (Å²) in [5.74, 6) is 0.552. The average Bonchev–Trinajstić information content (AvgIpc) is 3.26. The van der Waals surface area contributed by atoms with E-state index in [1.54, 1.807) is 17.4 Å². The van der Waals surface area contributed by atoms with Gasteiger partial charge in [-0.2, -0.15) is 0 Å². The average molecular weight is 482 g/mol. The number of nitrogens with one attached hydrogen (secondary N) is 1. The first-order valence-corrected chi connectivity index (χ1v) is 12.4. The molecule has 0 spiro atoms. The Balaban J connectivity index is 1.25. The van der Waals surface area contributed by atoms with Crippen LogP contribution in [0.15, 0.2) is 60.8 Å². The number of carbonyl (C=O) groups is 1. The molecule has 33 heavy (non-hydrogen) atoms. The number of aromatic nitrogens is 1. The molecule has 1 fully saturated rings. The molecule has 0 aliphatic carbocycles. The molecule has 5 nitrogen and oxygen atoms in total. The molecule has 1 saturated heterocycles. The van der Waals surface area contributed by atoms with Gasteiger partial charge in [-0.15, -0.1) is 11.3 Å². The summed E-state index contributed by atoms with van der Waals surface area (Å²) in [7, 11) is 0. The van der Waals surface area contributed by atoms with Crippen LogP contribution < -0.4 is 10.1 Å². The minimum atomic E-state index is -0.193. The monoisotopic (exact) mass is 481 g/mol. The zero-order chi connectivity index (χ0) is 23.0. The number of hydrogen-bond donors (Lipinski definition) is 1. The first-order valence-electron chi connectivity index (χ1n) is 11.2. The van der Waals surface area contributed by atoms with Gasteiger partial charge in [0.05, 0.1) is 0 Å². The molecule has 2 heterocycles. The summed E-state index contributed by atoms with van der Waals surface area (Å²) in [6.07, 6.45) is 8.98. The van der Waals surface area contributed by atoms with Crippen LogP contribution >= 0.6 is 22.9 Å². The van der Waals surface area contributed by atoms with Crippen LogP contribution in [0, 0.1) is 0 Å². The molecular weight excluding hydrogens is 454 g/mol. The zero-order valence-electron chi connectivity index (χ0n) is 18.7. The lowest BCUT2D eigenvalue weighted by Crippen LogP contribution is -2.36. The summed E-state index contributed by atoms with van der Waals surface area (Å²) in [6, 6.07) is 15.8. The molecule has 1 aliphatic rings. The van der Waals surface area contributed by atoms with Crippen molar-refractivity contribution >= 4 is 40.1 Å². The number of ether oxygens (including phenoxy) is 1. The Kier molecular flexibility index (Phi) is 8.15. The number of hydrogen-bond acceptors (Lipinski definition) is 5. The van der Waals surface area contributed by atoms with Crippen molar-refractivity contribution in [3.8, 4) is 5.75 Å². The summed E-state index contributed by atoms with van der Waals surface area (Å²) in [5.41, 5.74) is 1.85. The molecule has 1 N–H and O–H groups in total. The molecule has 2 aromatic carbocycles. The van der Waals surface area contributed by atoms with Crippen LogP contribution in [-0.2, 0) is 17.9 Å². The van der Waals surface area contributed by atoms with Gasteiger partial charge in [0.1, 0.15) is 12.4 Å². The van der Waals surface area contributed by atoms with Crippen LogP contribution in [0.2, 0.25) is 5.02 Å². The number of thiazole rings is 1. The molecule has 4 rings (SSSR count). The second kappa shape index (κ2) is 11.5. The van der Waals surface area contributed by atoms with Gasteiger partial charge in [-0.3, -0.25) is 15.0 Å². The fourth-order valence-corrected chi connectivity index (χ4v) is 4.83. The van der Waals surface area contributed by atoms with E-state index in [9.17, 15) is 4.79 Å². The fraction of sp³-hybridized carbons (Fsp3) is 0.308. The molecule has 1 aliphatic heterocycles. The number of halogens is 1. The van der Waals surface area contributed by atoms with E-state index in [4.69, 9.17) is 16.3 Å². The molecule has 1 aromatic heterocycles. The molecule has 0 bridgehead atoms. The first kappa shape index (κ1) is 23.5. The van der Waals surface area contributed by atoms with Gasteiger partial charge in [-0.1, -0.05) is 48.4 Å². The molecule has 1 atom stereocenters. The number of anilines is 1. The highest BCUT2D eigenvalue weighted by atomic mass is 35.5. The number of piperidine rings is 1. The number of carbonyl (C=O) groups excluding carboxylic acids is 1. The Labute approximate surface area is 204 Å². The highest BCUT2D eigenvalue weighted by Gasteiger charge is 2.19. The van der Waals surface area contributed by atoms with Crippen LogP contribution in [0.5, 0.6) is 5.75 Å². The van der Waals surface area contributed by atoms with Crippen LogP contribution in [0.4, 0.5) is 5.13 Å². The fourth-order valence-electron chi connectivity index (χ4n) is 3.80. The second-order valence-corrected chi connectivity index (χ2v) is 9.74. The van der Waals surface area contributed by atoms with Crippen molar-refractivity contribution in [3.63, 3.8) is 0 Å². The third-order valence-corrected chi connectivity index (χ3v) is 7.01. The minimum Gasteiger partial charge on any atom is -0.489 e. The second-order valence-electron chi connectivity index (χ2n) is 8.22. The van der Waals surface area contributed by atoms with Crippen LogP contribution in [0.1, 0.15) is 42.2 Å². The minimum absolute atomic E-state index is 0.193. The van der Waals surface area contributed by atoms with Crippen molar-refractivity contribution in [3.05, 3.63) is 81.8 Å². The largest absolute Gasteiger partial charge is 0.489 e. The number of nitrogens with zero attached hydrogens (tertiary/aromatic N) is 2. The molecule has 172 valence electrons. The summed E-state index contributed by atoms with van der Waals surface area (Å²) in [6.45, 7) is 4.72. The van der Waals surface area contributed by atoms with Gasteiger partial charge in [-0.05, 0) is 56.1 Å². The van der Waals surface area contributed by atoms with Crippen molar-refractivity contribution in [2.45, 2.75) is 45.4 Å². The summed E-state index contributed by atoms with van der Waals surface area (Å²) in [4.78, 5) is 20.3. The Morgan fingerprint density at radius 1 is 1.24 bits per heavy atom. The van der Waals surface area contributed by atoms with E-state index in [2.05, 4.69) is 22.1 Å². The van der Waals surface area contributed by atoms with Crippen molar-refractivity contribution in [1.82, 2.24) is 9.88 Å². The van der Waals surface area contributed by atoms with Gasteiger partial charge >= 0.3 is 0 Å². The van der Waals surface area contributed by atoms with Gasteiger partial charge in [0.15, 0.2) is 5.13 Å². The van der Waals surface area contributed by atoms with Crippen LogP contribution in [0.3, 0.4) is 0 Å². The standard InChI is InChI=1S/C26H28ClN3O2S/c1-19-6-4-5-15-30(19)17-23-16-28-26(33-23)29-25(31)14-11-20-9-12-22(13-10-20)32-18-21-7-2-3-8-24(21)27/h2-3,7-14,16,19H,4-6,15,17-18H2,1H3,(H,28,29,31)/b14-11+. The van der Waals surface area contributed by atoms with Crippen LogP contribution in [-0.4, -0.2) is 28.4 Å². The Morgan fingerprint density at radius 3 is 2.85 bits per heavy atom. The number of likely N-dealkylation sites (tertiary alicyclic amines) is 1. The Morgan fingerprint density at radius 2 is 2.06 bits per heavy atom. The van der Waals surface area contributed by atoms with E-state index < -0.39 is 0 Å². The highest BCUT2D eigenvalue weighted by molar-refractivity contribution is 7.15. The quantitative estimate of drug-likeness (QED) is 0.378. The number of amides is 1. The van der Waals surface area contributed by atoms with Crippen molar-refractivity contribution in [2.24, 2.45) is 0 Å². The first-order chi connectivity index (χ1) is 16.1. The van der Waals surface area contributed by atoms with Crippen molar-refractivity contribution < 1.29 is 9.53 Å². The van der Waals surface area contributed by atoms with E-state index in [0.29, 0.717) is 22.8 Å². The predicted octanol–water partition coefficient (Wildman–Crippen LogP) is 6.40. The van der Waals surface area contributed by atoms with E-state index in [-0.39, 0.29) is 5.91 Å². The molecule has 1 unspecified atom stereocenters. The maximum absolute atomic E-state index is 12.3. The Bertz CT molecular complexity index is 1100. The smallest absolute Gasteiger partial charge is 0.250 e. The lowest BCUT2D eigenvalue weighted by molar-refractivity contribution is -0.111. The lowest BCUT2D eigenvalue weighted by Gasteiger charge is -2.32. The van der Waals surface area contributed by atoms with Gasteiger partial charge < -0.3 is 4.74 Å². The Hall–Kier alpha value is -2.67. The van der Waals surface area contributed by atoms with Gasteiger partial charge in [0, 0.05) is 40.3 Å². The molecular formula is C26H28ClN3O2S. The molecule has 7 heteroatoms. The zero-order valence-corrected chi connectivity index (χ0v) is 20.2. The van der Waals surface area contributed by atoms with Crippen molar-refractivity contribution in [2.75, 3.05) is 11.9 Å². The topological polar surface area (TPSA) is 54.5 Å².